The molecule has 1 aliphatic heterocycles. The molecule has 0 aliphatic carbocycles. The van der Waals surface area contributed by atoms with Crippen molar-refractivity contribution in [1.29, 1.82) is 0 Å². The Balaban J connectivity index is 2.19. The van der Waals surface area contributed by atoms with Crippen LogP contribution in [0.4, 0.5) is 0 Å². The summed E-state index contributed by atoms with van der Waals surface area (Å²) in [6.07, 6.45) is 3.80. The largest absolute Gasteiger partial charge is 0.507 e. The monoisotopic (exact) mass is 372 g/mol. The molecule has 1 aliphatic rings. The van der Waals surface area contributed by atoms with E-state index in [0.29, 0.717) is 12.0 Å². The topological polar surface area (TPSA) is 93.1 Å². The minimum atomic E-state index is -3.39. The lowest BCUT2D eigenvalue weighted by Crippen LogP contribution is -2.33. The molecule has 1 heterocycles. The second-order valence-electron chi connectivity index (χ2n) is 6.76. The third-order valence-electron chi connectivity index (χ3n) is 4.44. The number of rotatable bonds is 7. The van der Waals surface area contributed by atoms with Gasteiger partial charge in [-0.15, -0.1) is 0 Å². The molecule has 0 amide bonds. The highest BCUT2D eigenvalue weighted by Crippen LogP contribution is 2.37. The van der Waals surface area contributed by atoms with Gasteiger partial charge in [0.2, 0.25) is 0 Å². The summed E-state index contributed by atoms with van der Waals surface area (Å²) in [6.45, 7) is 3.78. The van der Waals surface area contributed by atoms with Crippen molar-refractivity contribution >= 4 is 9.84 Å². The average molecular weight is 372 g/mol. The maximum absolute atomic E-state index is 11.8. The number of benzene rings is 1. The van der Waals surface area contributed by atoms with Gasteiger partial charge in [-0.1, -0.05) is 6.92 Å². The Hall–Kier alpha value is -1.15. The number of aromatic hydroxyl groups is 1. The third kappa shape index (κ3) is 5.67. The molecule has 0 bridgehead atoms. The molecule has 7 heteroatoms. The van der Waals surface area contributed by atoms with Crippen LogP contribution in [0.3, 0.4) is 0 Å². The molecule has 0 aromatic heterocycles. The van der Waals surface area contributed by atoms with Gasteiger partial charge in [0.05, 0.1) is 28.8 Å². The molecular weight excluding hydrogens is 344 g/mol. The molecule has 0 radical (unpaired) electrons. The van der Waals surface area contributed by atoms with Crippen LogP contribution in [0, 0.1) is 0 Å². The molecule has 0 spiro atoms. The summed E-state index contributed by atoms with van der Waals surface area (Å²) in [4.78, 5) is 0.122. The van der Waals surface area contributed by atoms with Crippen molar-refractivity contribution in [1.82, 2.24) is 0 Å². The van der Waals surface area contributed by atoms with Gasteiger partial charge in [0, 0.05) is 12.7 Å². The quantitative estimate of drug-likeness (QED) is 0.764. The first-order valence-corrected chi connectivity index (χ1v) is 10.6. The molecule has 0 saturated carbocycles. The van der Waals surface area contributed by atoms with Crippen LogP contribution >= 0.6 is 0 Å². The number of hydrogen-bond donors (Lipinski definition) is 2. The lowest BCUT2D eigenvalue weighted by molar-refractivity contribution is -0.250. The van der Waals surface area contributed by atoms with Crippen molar-refractivity contribution in [2.75, 3.05) is 6.26 Å². The van der Waals surface area contributed by atoms with Gasteiger partial charge in [-0.3, -0.25) is 0 Å². The lowest BCUT2D eigenvalue weighted by atomic mass is 10.0. The molecule has 1 saturated heterocycles. The summed E-state index contributed by atoms with van der Waals surface area (Å²) in [7, 11) is -3.39. The molecule has 1 aromatic carbocycles. The van der Waals surface area contributed by atoms with Crippen molar-refractivity contribution in [3.8, 4) is 5.75 Å². The Morgan fingerprint density at radius 3 is 2.56 bits per heavy atom. The molecule has 25 heavy (non-hydrogen) atoms. The van der Waals surface area contributed by atoms with Gasteiger partial charge < -0.3 is 19.7 Å². The Morgan fingerprint density at radius 2 is 1.96 bits per heavy atom. The van der Waals surface area contributed by atoms with Crippen LogP contribution in [0.2, 0.25) is 0 Å². The summed E-state index contributed by atoms with van der Waals surface area (Å²) >= 11 is 0. The highest BCUT2D eigenvalue weighted by atomic mass is 32.2. The highest BCUT2D eigenvalue weighted by molar-refractivity contribution is 7.90. The summed E-state index contributed by atoms with van der Waals surface area (Å²) in [5, 5.41) is 19.6. The van der Waals surface area contributed by atoms with E-state index in [2.05, 4.69) is 0 Å². The summed E-state index contributed by atoms with van der Waals surface area (Å²) in [5.41, 5.74) is 0.335. The van der Waals surface area contributed by atoms with Crippen molar-refractivity contribution in [3.05, 3.63) is 23.8 Å². The van der Waals surface area contributed by atoms with Crippen molar-refractivity contribution in [2.24, 2.45) is 0 Å². The summed E-state index contributed by atoms with van der Waals surface area (Å²) in [5.74, 6) is -0.0446. The molecule has 6 nitrogen and oxygen atoms in total. The number of aliphatic hydroxyl groups excluding tert-OH is 1. The van der Waals surface area contributed by atoms with E-state index in [1.54, 1.807) is 6.92 Å². The average Bonchev–Trinajstić information content (AvgIpc) is 2.53. The smallest absolute Gasteiger partial charge is 0.188 e. The predicted octanol–water partition coefficient (Wildman–Crippen LogP) is 2.93. The molecule has 3 unspecified atom stereocenters. The zero-order chi connectivity index (χ0) is 18.6. The van der Waals surface area contributed by atoms with Crippen LogP contribution in [0.1, 0.15) is 57.8 Å². The zero-order valence-electron chi connectivity index (χ0n) is 15.0. The SMILES string of the molecule is CCC1CC(CCC[C@H](C)O)OC(c2cc(S(C)(=O)=O)ccc2O)O1. The molecule has 1 fully saturated rings. The fourth-order valence-corrected chi connectivity index (χ4v) is 3.63. The lowest BCUT2D eigenvalue weighted by Gasteiger charge is -2.36. The van der Waals surface area contributed by atoms with E-state index >= 15 is 0 Å². The number of aliphatic hydroxyl groups is 1. The number of ether oxygens (including phenoxy) is 2. The van der Waals surface area contributed by atoms with Crippen molar-refractivity contribution in [2.45, 2.75) is 75.4 Å². The minimum absolute atomic E-state index is 0.0170. The fourth-order valence-electron chi connectivity index (χ4n) is 2.97. The van der Waals surface area contributed by atoms with E-state index in [1.165, 1.54) is 18.2 Å². The molecule has 2 N–H and O–H groups in total. The van der Waals surface area contributed by atoms with Crippen LogP contribution in [0.25, 0.3) is 0 Å². The van der Waals surface area contributed by atoms with E-state index in [1.807, 2.05) is 6.92 Å². The van der Waals surface area contributed by atoms with Gasteiger partial charge in [0.1, 0.15) is 5.75 Å². The molecular formula is C18H28O6S. The number of sulfone groups is 1. The molecule has 1 aromatic rings. The maximum Gasteiger partial charge on any atom is 0.188 e. The number of phenolic OH excluding ortho intramolecular Hbond substituents is 1. The molecule has 4 atom stereocenters. The normalized spacial score (nSPS) is 25.7. The Labute approximate surface area is 149 Å². The Kier molecular flexibility index (Phi) is 6.85. The predicted molar refractivity (Wildman–Crippen MR) is 94.1 cm³/mol. The number of hydrogen-bond acceptors (Lipinski definition) is 6. The van der Waals surface area contributed by atoms with Gasteiger partial charge in [-0.25, -0.2) is 8.42 Å². The van der Waals surface area contributed by atoms with E-state index < -0.39 is 16.1 Å². The van der Waals surface area contributed by atoms with Gasteiger partial charge in [-0.05, 0) is 50.8 Å². The van der Waals surface area contributed by atoms with Crippen molar-refractivity contribution < 1.29 is 28.1 Å². The van der Waals surface area contributed by atoms with E-state index in [-0.39, 0.29) is 29.0 Å². The highest BCUT2D eigenvalue weighted by Gasteiger charge is 2.32. The second kappa shape index (κ2) is 8.49. The minimum Gasteiger partial charge on any atom is -0.507 e. The standard InChI is InChI=1S/C18H28O6S/c1-4-13-10-14(7-5-6-12(2)19)24-18(23-13)16-11-15(25(3,21)22)8-9-17(16)20/h8-9,11-14,18-20H,4-7,10H2,1-3H3/t12-,13?,14?,18?/m0/s1. The van der Waals surface area contributed by atoms with Crippen molar-refractivity contribution in [3.63, 3.8) is 0 Å². The van der Waals surface area contributed by atoms with E-state index in [4.69, 9.17) is 9.47 Å². The van der Waals surface area contributed by atoms with Crippen LogP contribution < -0.4 is 0 Å². The fraction of sp³-hybridized carbons (Fsp3) is 0.667. The van der Waals surface area contributed by atoms with Crippen LogP contribution in [-0.4, -0.2) is 43.2 Å². The van der Waals surface area contributed by atoms with Crippen LogP contribution in [0.5, 0.6) is 5.75 Å². The van der Waals surface area contributed by atoms with Gasteiger partial charge in [0.25, 0.3) is 0 Å². The van der Waals surface area contributed by atoms with Gasteiger partial charge in [0.15, 0.2) is 16.1 Å². The molecule has 142 valence electrons. The van der Waals surface area contributed by atoms with E-state index in [0.717, 1.165) is 31.9 Å². The summed E-state index contributed by atoms with van der Waals surface area (Å²) in [6, 6.07) is 4.14. The van der Waals surface area contributed by atoms with E-state index in [9.17, 15) is 18.6 Å². The third-order valence-corrected chi connectivity index (χ3v) is 5.55. The first kappa shape index (κ1) is 20.2. The maximum atomic E-state index is 11.8. The first-order chi connectivity index (χ1) is 11.7. The number of phenols is 1. The summed E-state index contributed by atoms with van der Waals surface area (Å²) < 4.78 is 35.4. The second-order valence-corrected chi connectivity index (χ2v) is 8.78. The molecule has 2 rings (SSSR count). The van der Waals surface area contributed by atoms with Gasteiger partial charge in [-0.2, -0.15) is 0 Å². The first-order valence-electron chi connectivity index (χ1n) is 8.72. The zero-order valence-corrected chi connectivity index (χ0v) is 15.8. The van der Waals surface area contributed by atoms with Gasteiger partial charge >= 0.3 is 0 Å². The van der Waals surface area contributed by atoms with Crippen LogP contribution in [-0.2, 0) is 19.3 Å². The Bertz CT molecular complexity index is 670. The Morgan fingerprint density at radius 1 is 1.28 bits per heavy atom. The van der Waals surface area contributed by atoms with Crippen LogP contribution in [0.15, 0.2) is 23.1 Å².